The zero-order valence-electron chi connectivity index (χ0n) is 12.4. The van der Waals surface area contributed by atoms with E-state index < -0.39 is 0 Å². The zero-order valence-corrected chi connectivity index (χ0v) is 12.4. The highest BCUT2D eigenvalue weighted by Gasteiger charge is 2.21. The minimum absolute atomic E-state index is 0.211. The monoisotopic (exact) mass is 298 g/mol. The lowest BCUT2D eigenvalue weighted by atomic mass is 10.2. The van der Waals surface area contributed by atoms with Crippen molar-refractivity contribution in [1.29, 1.82) is 0 Å². The van der Waals surface area contributed by atoms with Gasteiger partial charge in [-0.25, -0.2) is 9.97 Å². The molecule has 0 saturated heterocycles. The number of aromatic nitrogens is 2. The summed E-state index contributed by atoms with van der Waals surface area (Å²) in [5, 5.41) is 6.10. The molecule has 1 fully saturated rings. The van der Waals surface area contributed by atoms with Gasteiger partial charge >= 0.3 is 0 Å². The SMILES string of the molecule is COc1ccc(CNC(=O)c2cc(NC3CC3)ncn2)cc1. The molecule has 6 heteroatoms. The van der Waals surface area contributed by atoms with Crippen molar-refractivity contribution < 1.29 is 9.53 Å². The summed E-state index contributed by atoms with van der Waals surface area (Å²) in [6, 6.07) is 9.73. The van der Waals surface area contributed by atoms with Crippen molar-refractivity contribution in [3.8, 4) is 5.75 Å². The van der Waals surface area contributed by atoms with Crippen LogP contribution in [0.5, 0.6) is 5.75 Å². The summed E-state index contributed by atoms with van der Waals surface area (Å²) in [6.07, 6.45) is 3.72. The molecule has 0 spiro atoms. The number of hydrogen-bond acceptors (Lipinski definition) is 5. The Hall–Kier alpha value is -2.63. The van der Waals surface area contributed by atoms with Crippen LogP contribution in [-0.4, -0.2) is 29.0 Å². The molecular weight excluding hydrogens is 280 g/mol. The predicted molar refractivity (Wildman–Crippen MR) is 82.8 cm³/mol. The number of amides is 1. The molecule has 0 aliphatic heterocycles. The van der Waals surface area contributed by atoms with E-state index in [1.165, 1.54) is 6.33 Å². The number of carbonyl (C=O) groups is 1. The Bertz CT molecular complexity index is 653. The minimum Gasteiger partial charge on any atom is -0.497 e. The van der Waals surface area contributed by atoms with Gasteiger partial charge in [-0.3, -0.25) is 4.79 Å². The fraction of sp³-hybridized carbons (Fsp3) is 0.312. The molecule has 114 valence electrons. The van der Waals surface area contributed by atoms with Crippen molar-refractivity contribution in [3.05, 3.63) is 47.9 Å². The van der Waals surface area contributed by atoms with E-state index in [1.54, 1.807) is 13.2 Å². The van der Waals surface area contributed by atoms with Crippen LogP contribution < -0.4 is 15.4 Å². The van der Waals surface area contributed by atoms with Crippen molar-refractivity contribution in [1.82, 2.24) is 15.3 Å². The molecule has 1 saturated carbocycles. The Morgan fingerprint density at radius 3 is 2.73 bits per heavy atom. The van der Waals surface area contributed by atoms with Crippen molar-refractivity contribution in [2.24, 2.45) is 0 Å². The summed E-state index contributed by atoms with van der Waals surface area (Å²) in [5.74, 6) is 1.28. The maximum Gasteiger partial charge on any atom is 0.270 e. The summed E-state index contributed by atoms with van der Waals surface area (Å²) in [5.41, 5.74) is 1.37. The average molecular weight is 298 g/mol. The second kappa shape index (κ2) is 6.43. The Labute approximate surface area is 128 Å². The molecule has 1 amide bonds. The topological polar surface area (TPSA) is 76.1 Å². The number of carbonyl (C=O) groups excluding carboxylic acids is 1. The Morgan fingerprint density at radius 1 is 1.27 bits per heavy atom. The van der Waals surface area contributed by atoms with Gasteiger partial charge in [0.1, 0.15) is 23.6 Å². The van der Waals surface area contributed by atoms with Gasteiger partial charge in [-0.15, -0.1) is 0 Å². The second-order valence-electron chi connectivity index (χ2n) is 5.24. The highest BCUT2D eigenvalue weighted by Crippen LogP contribution is 2.23. The number of rotatable bonds is 6. The first-order valence-electron chi connectivity index (χ1n) is 7.24. The zero-order chi connectivity index (χ0) is 15.4. The Balaban J connectivity index is 1.58. The third-order valence-electron chi connectivity index (χ3n) is 3.44. The van der Waals surface area contributed by atoms with Crippen LogP contribution in [0.25, 0.3) is 0 Å². The van der Waals surface area contributed by atoms with Crippen LogP contribution in [0.2, 0.25) is 0 Å². The quantitative estimate of drug-likeness (QED) is 0.853. The van der Waals surface area contributed by atoms with E-state index >= 15 is 0 Å². The summed E-state index contributed by atoms with van der Waals surface area (Å²) >= 11 is 0. The Morgan fingerprint density at radius 2 is 2.05 bits per heavy atom. The molecule has 0 radical (unpaired) electrons. The lowest BCUT2D eigenvalue weighted by molar-refractivity contribution is 0.0946. The largest absolute Gasteiger partial charge is 0.497 e. The van der Waals surface area contributed by atoms with Gasteiger partial charge in [0.15, 0.2) is 0 Å². The van der Waals surface area contributed by atoms with E-state index in [0.29, 0.717) is 24.1 Å². The number of ether oxygens (including phenoxy) is 1. The Kier molecular flexibility index (Phi) is 4.18. The van der Waals surface area contributed by atoms with Gasteiger partial charge in [0.2, 0.25) is 0 Å². The first kappa shape index (κ1) is 14.3. The van der Waals surface area contributed by atoms with Crippen molar-refractivity contribution in [2.75, 3.05) is 12.4 Å². The van der Waals surface area contributed by atoms with Gasteiger partial charge in [0, 0.05) is 18.7 Å². The second-order valence-corrected chi connectivity index (χ2v) is 5.24. The van der Waals surface area contributed by atoms with E-state index in [-0.39, 0.29) is 5.91 Å². The van der Waals surface area contributed by atoms with Crippen molar-refractivity contribution in [3.63, 3.8) is 0 Å². The molecule has 1 aromatic carbocycles. The number of nitrogens with zero attached hydrogens (tertiary/aromatic N) is 2. The number of methoxy groups -OCH3 is 1. The van der Waals surface area contributed by atoms with Gasteiger partial charge in [-0.2, -0.15) is 0 Å². The number of anilines is 1. The highest BCUT2D eigenvalue weighted by atomic mass is 16.5. The van der Waals surface area contributed by atoms with E-state index in [1.807, 2.05) is 24.3 Å². The fourth-order valence-corrected chi connectivity index (χ4v) is 2.01. The van der Waals surface area contributed by atoms with Crippen LogP contribution in [0.4, 0.5) is 5.82 Å². The fourth-order valence-electron chi connectivity index (χ4n) is 2.01. The lowest BCUT2D eigenvalue weighted by Crippen LogP contribution is -2.24. The predicted octanol–water partition coefficient (Wildman–Crippen LogP) is 1.99. The molecule has 2 aromatic rings. The minimum atomic E-state index is -0.211. The van der Waals surface area contributed by atoms with Crippen LogP contribution in [0, 0.1) is 0 Å². The first-order valence-corrected chi connectivity index (χ1v) is 7.24. The van der Waals surface area contributed by atoms with Crippen LogP contribution in [-0.2, 0) is 6.54 Å². The van der Waals surface area contributed by atoms with Crippen LogP contribution in [0.3, 0.4) is 0 Å². The molecule has 22 heavy (non-hydrogen) atoms. The van der Waals surface area contributed by atoms with Crippen molar-refractivity contribution in [2.45, 2.75) is 25.4 Å². The van der Waals surface area contributed by atoms with E-state index in [9.17, 15) is 4.79 Å². The van der Waals surface area contributed by atoms with E-state index in [4.69, 9.17) is 4.74 Å². The number of benzene rings is 1. The molecule has 0 atom stereocenters. The third-order valence-corrected chi connectivity index (χ3v) is 3.44. The maximum atomic E-state index is 12.1. The smallest absolute Gasteiger partial charge is 0.270 e. The maximum absolute atomic E-state index is 12.1. The molecule has 2 N–H and O–H groups in total. The third kappa shape index (κ3) is 3.72. The number of nitrogens with one attached hydrogen (secondary N) is 2. The lowest BCUT2D eigenvalue weighted by Gasteiger charge is -2.07. The molecule has 0 bridgehead atoms. The standard InChI is InChI=1S/C16H18N4O2/c1-22-13-6-2-11(3-7-13)9-17-16(21)14-8-15(19-10-18-14)20-12-4-5-12/h2-3,6-8,10,12H,4-5,9H2,1H3,(H,17,21)(H,18,19,20). The summed E-state index contributed by atoms with van der Waals surface area (Å²) in [7, 11) is 1.62. The summed E-state index contributed by atoms with van der Waals surface area (Å²) in [4.78, 5) is 20.3. The summed E-state index contributed by atoms with van der Waals surface area (Å²) in [6.45, 7) is 0.443. The van der Waals surface area contributed by atoms with E-state index in [0.717, 1.165) is 24.2 Å². The molecule has 6 nitrogen and oxygen atoms in total. The van der Waals surface area contributed by atoms with E-state index in [2.05, 4.69) is 20.6 Å². The molecule has 3 rings (SSSR count). The van der Waals surface area contributed by atoms with Gasteiger partial charge < -0.3 is 15.4 Å². The van der Waals surface area contributed by atoms with Crippen LogP contribution in [0.1, 0.15) is 28.9 Å². The normalized spacial score (nSPS) is 13.5. The molecule has 1 aromatic heterocycles. The molecule has 1 aliphatic carbocycles. The highest BCUT2D eigenvalue weighted by molar-refractivity contribution is 5.92. The number of hydrogen-bond donors (Lipinski definition) is 2. The van der Waals surface area contributed by atoms with Crippen LogP contribution >= 0.6 is 0 Å². The average Bonchev–Trinajstić information content (AvgIpc) is 3.37. The molecule has 0 unspecified atom stereocenters. The summed E-state index contributed by atoms with van der Waals surface area (Å²) < 4.78 is 5.10. The van der Waals surface area contributed by atoms with Gasteiger partial charge in [-0.1, -0.05) is 12.1 Å². The molecule has 1 aliphatic rings. The van der Waals surface area contributed by atoms with Crippen molar-refractivity contribution >= 4 is 11.7 Å². The first-order chi connectivity index (χ1) is 10.7. The van der Waals surface area contributed by atoms with Gasteiger partial charge in [-0.05, 0) is 30.5 Å². The van der Waals surface area contributed by atoms with Crippen LogP contribution in [0.15, 0.2) is 36.7 Å². The van der Waals surface area contributed by atoms with Gasteiger partial charge in [0.05, 0.1) is 7.11 Å². The molecule has 1 heterocycles. The van der Waals surface area contributed by atoms with Gasteiger partial charge in [0.25, 0.3) is 5.91 Å². The molecular formula is C16H18N4O2.